The summed E-state index contributed by atoms with van der Waals surface area (Å²) in [4.78, 5) is 6.00. The van der Waals surface area contributed by atoms with E-state index in [1.165, 1.54) is 6.39 Å². The zero-order valence-electron chi connectivity index (χ0n) is 15.0. The Hall–Kier alpha value is -2.99. The second kappa shape index (κ2) is 8.92. The molecule has 0 spiro atoms. The quantitative estimate of drug-likeness (QED) is 0.558. The predicted molar refractivity (Wildman–Crippen MR) is 101 cm³/mol. The van der Waals surface area contributed by atoms with Gasteiger partial charge in [-0.05, 0) is 56.1 Å². The fraction of sp³-hybridized carbons (Fsp3) is 0.250. The highest BCUT2D eigenvalue weighted by atomic mass is 16.5. The number of nitrogens with zero attached hydrogens (tertiary/aromatic N) is 4. The summed E-state index contributed by atoms with van der Waals surface area (Å²) in [7, 11) is 4.05. The first-order valence-electron chi connectivity index (χ1n) is 8.43. The van der Waals surface area contributed by atoms with E-state index in [0.717, 1.165) is 34.9 Å². The number of ether oxygens (including phenoxy) is 1. The molecule has 0 aliphatic rings. The van der Waals surface area contributed by atoms with Gasteiger partial charge in [-0.25, -0.2) is 4.98 Å². The largest absolute Gasteiger partial charge is 0.492 e. The molecule has 3 rings (SSSR count). The van der Waals surface area contributed by atoms with Gasteiger partial charge in [-0.15, -0.1) is 0 Å². The van der Waals surface area contributed by atoms with E-state index in [1.54, 1.807) is 6.20 Å². The normalized spacial score (nSPS) is 11.3. The van der Waals surface area contributed by atoms with Crippen LogP contribution < -0.4 is 4.74 Å². The summed E-state index contributed by atoms with van der Waals surface area (Å²) in [6, 6.07) is 15.6. The average molecular weight is 350 g/mol. The third kappa shape index (κ3) is 5.26. The first kappa shape index (κ1) is 17.8. The molecule has 1 aromatic heterocycles. The van der Waals surface area contributed by atoms with Crippen molar-refractivity contribution in [3.63, 3.8) is 0 Å². The summed E-state index contributed by atoms with van der Waals surface area (Å²) in [6.07, 6.45) is 3.10. The maximum absolute atomic E-state index is 5.68. The summed E-state index contributed by atoms with van der Waals surface area (Å²) in [6.45, 7) is 2.10. The molecule has 0 aliphatic heterocycles. The maximum atomic E-state index is 5.68. The van der Waals surface area contributed by atoms with E-state index in [4.69, 9.17) is 9.15 Å². The summed E-state index contributed by atoms with van der Waals surface area (Å²) < 4.78 is 10.9. The van der Waals surface area contributed by atoms with Crippen molar-refractivity contribution >= 4 is 5.69 Å². The molecule has 6 heteroatoms. The third-order valence-electron chi connectivity index (χ3n) is 3.75. The fourth-order valence-electron chi connectivity index (χ4n) is 2.29. The predicted octanol–water partition coefficient (Wildman–Crippen LogP) is 4.57. The zero-order valence-corrected chi connectivity index (χ0v) is 15.0. The Morgan fingerprint density at radius 2 is 1.81 bits per heavy atom. The first-order valence-corrected chi connectivity index (χ1v) is 8.43. The van der Waals surface area contributed by atoms with Crippen LogP contribution in [-0.2, 0) is 6.54 Å². The summed E-state index contributed by atoms with van der Waals surface area (Å²) in [5, 5.41) is 8.52. The van der Waals surface area contributed by atoms with Gasteiger partial charge >= 0.3 is 0 Å². The van der Waals surface area contributed by atoms with Gasteiger partial charge in [-0.3, -0.25) is 0 Å². The van der Waals surface area contributed by atoms with Gasteiger partial charge in [0.2, 0.25) is 0 Å². The van der Waals surface area contributed by atoms with Crippen molar-refractivity contribution in [2.45, 2.75) is 6.54 Å². The number of hydrogen-bond donors (Lipinski definition) is 0. The molecule has 134 valence electrons. The molecule has 6 nitrogen and oxygen atoms in total. The van der Waals surface area contributed by atoms with E-state index in [1.807, 2.05) is 62.6 Å². The van der Waals surface area contributed by atoms with Crippen LogP contribution in [-0.4, -0.2) is 37.1 Å². The van der Waals surface area contributed by atoms with Crippen LogP contribution in [0.4, 0.5) is 5.69 Å². The topological polar surface area (TPSA) is 63.2 Å². The Balaban J connectivity index is 1.50. The van der Waals surface area contributed by atoms with Gasteiger partial charge in [-0.2, -0.15) is 10.2 Å². The van der Waals surface area contributed by atoms with Crippen molar-refractivity contribution in [2.75, 3.05) is 27.2 Å². The number of benzene rings is 2. The minimum atomic E-state index is 0.530. The summed E-state index contributed by atoms with van der Waals surface area (Å²) in [5.41, 5.74) is 2.86. The van der Waals surface area contributed by atoms with Crippen LogP contribution in [0.5, 0.6) is 5.75 Å². The van der Waals surface area contributed by atoms with E-state index in [0.29, 0.717) is 13.2 Å². The summed E-state index contributed by atoms with van der Waals surface area (Å²) >= 11 is 0. The Kier molecular flexibility index (Phi) is 6.11. The highest BCUT2D eigenvalue weighted by molar-refractivity contribution is 5.59. The second-order valence-corrected chi connectivity index (χ2v) is 6.11. The molecule has 0 fully saturated rings. The van der Waals surface area contributed by atoms with Crippen LogP contribution in [0.2, 0.25) is 0 Å². The Morgan fingerprint density at radius 3 is 2.46 bits per heavy atom. The molecule has 26 heavy (non-hydrogen) atoms. The molecule has 0 atom stereocenters. The Bertz CT molecular complexity index is 810. The van der Waals surface area contributed by atoms with Gasteiger partial charge < -0.3 is 14.1 Å². The lowest BCUT2D eigenvalue weighted by Crippen LogP contribution is -2.19. The van der Waals surface area contributed by atoms with Crippen LogP contribution >= 0.6 is 0 Å². The van der Waals surface area contributed by atoms with E-state index in [-0.39, 0.29) is 0 Å². The molecular weight excluding hydrogens is 328 g/mol. The number of aromatic nitrogens is 1. The van der Waals surface area contributed by atoms with Gasteiger partial charge in [0.05, 0.1) is 18.4 Å². The average Bonchev–Trinajstić information content (AvgIpc) is 3.18. The molecule has 1 heterocycles. The smallest absolute Gasteiger partial charge is 0.181 e. The highest BCUT2D eigenvalue weighted by Crippen LogP contribution is 2.22. The van der Waals surface area contributed by atoms with E-state index in [9.17, 15) is 0 Å². The van der Waals surface area contributed by atoms with Gasteiger partial charge in [0.1, 0.15) is 12.4 Å². The SMILES string of the molecule is CN(C)CCOc1ccc(CN=Nc2ccc(-c3cnco3)cc2)cc1. The van der Waals surface area contributed by atoms with Gasteiger partial charge in [0, 0.05) is 12.1 Å². The van der Waals surface area contributed by atoms with Crippen LogP contribution in [0.1, 0.15) is 5.56 Å². The number of azo groups is 1. The number of oxazole rings is 1. The van der Waals surface area contributed by atoms with Crippen molar-refractivity contribution < 1.29 is 9.15 Å². The van der Waals surface area contributed by atoms with Crippen molar-refractivity contribution in [3.05, 3.63) is 66.7 Å². The number of hydrogen-bond acceptors (Lipinski definition) is 6. The molecule has 0 saturated carbocycles. The molecule has 0 aliphatic carbocycles. The number of likely N-dealkylation sites (N-methyl/N-ethyl adjacent to an activating group) is 1. The monoisotopic (exact) mass is 350 g/mol. The van der Waals surface area contributed by atoms with Crippen LogP contribution in [0.3, 0.4) is 0 Å². The second-order valence-electron chi connectivity index (χ2n) is 6.11. The van der Waals surface area contributed by atoms with Gasteiger partial charge in [0.25, 0.3) is 0 Å². The minimum Gasteiger partial charge on any atom is -0.492 e. The van der Waals surface area contributed by atoms with E-state index >= 15 is 0 Å². The molecular formula is C20H22N4O2. The minimum absolute atomic E-state index is 0.530. The third-order valence-corrected chi connectivity index (χ3v) is 3.75. The standard InChI is InChI=1S/C20H22N4O2/c1-24(2)11-12-25-19-9-3-16(4-10-19)13-22-23-18-7-5-17(6-8-18)20-14-21-15-26-20/h3-10,14-15H,11-13H2,1-2H3. The van der Waals surface area contributed by atoms with E-state index < -0.39 is 0 Å². The highest BCUT2D eigenvalue weighted by Gasteiger charge is 2.01. The molecule has 0 unspecified atom stereocenters. The molecule has 0 bridgehead atoms. The van der Waals surface area contributed by atoms with Crippen LogP contribution in [0.15, 0.2) is 75.8 Å². The van der Waals surface area contributed by atoms with Crippen molar-refractivity contribution in [3.8, 4) is 17.1 Å². The molecule has 0 radical (unpaired) electrons. The van der Waals surface area contributed by atoms with Crippen molar-refractivity contribution in [1.82, 2.24) is 9.88 Å². The Morgan fingerprint density at radius 1 is 1.04 bits per heavy atom. The Labute approximate surface area is 153 Å². The lowest BCUT2D eigenvalue weighted by atomic mass is 10.2. The molecule has 3 aromatic rings. The lowest BCUT2D eigenvalue weighted by Gasteiger charge is -2.11. The molecule has 0 N–H and O–H groups in total. The summed E-state index contributed by atoms with van der Waals surface area (Å²) in [5.74, 6) is 1.61. The first-order chi connectivity index (χ1) is 12.7. The van der Waals surface area contributed by atoms with Crippen molar-refractivity contribution in [1.29, 1.82) is 0 Å². The zero-order chi connectivity index (χ0) is 18.2. The van der Waals surface area contributed by atoms with Crippen molar-refractivity contribution in [2.24, 2.45) is 10.2 Å². The lowest BCUT2D eigenvalue weighted by molar-refractivity contribution is 0.261. The van der Waals surface area contributed by atoms with Gasteiger partial charge in [-0.1, -0.05) is 12.1 Å². The van der Waals surface area contributed by atoms with E-state index in [2.05, 4.69) is 20.1 Å². The van der Waals surface area contributed by atoms with Gasteiger partial charge in [0.15, 0.2) is 12.2 Å². The molecule has 0 saturated heterocycles. The fourth-order valence-corrected chi connectivity index (χ4v) is 2.29. The molecule has 2 aromatic carbocycles. The molecule has 0 amide bonds. The maximum Gasteiger partial charge on any atom is 0.181 e. The van der Waals surface area contributed by atoms with Crippen LogP contribution in [0, 0.1) is 0 Å². The number of rotatable bonds is 8. The van der Waals surface area contributed by atoms with Crippen LogP contribution in [0.25, 0.3) is 11.3 Å².